The van der Waals surface area contributed by atoms with Crippen LogP contribution in [0.15, 0.2) is 102 Å². The molecule has 1 amide bonds. The van der Waals surface area contributed by atoms with Crippen molar-refractivity contribution in [3.63, 3.8) is 0 Å². The number of carbonyl (C=O) groups is 1. The van der Waals surface area contributed by atoms with E-state index in [2.05, 4.69) is 4.98 Å². The maximum atomic E-state index is 13.9. The average molecular weight is 528 g/mol. The zero-order chi connectivity index (χ0) is 26.9. The Balaban J connectivity index is 1.65. The summed E-state index contributed by atoms with van der Waals surface area (Å²) in [5.41, 5.74) is 1.86. The number of carbonyl (C=O) groups excluding carboxylic acids is 1. The van der Waals surface area contributed by atoms with E-state index in [1.807, 2.05) is 48.5 Å². The number of hydrogen-bond acceptors (Lipinski definition) is 7. The van der Waals surface area contributed by atoms with Gasteiger partial charge in [-0.25, -0.2) is 17.7 Å². The third kappa shape index (κ3) is 4.53. The van der Waals surface area contributed by atoms with Crippen LogP contribution >= 0.6 is 0 Å². The number of amides is 1. The zero-order valence-corrected chi connectivity index (χ0v) is 21.0. The second-order valence-corrected chi connectivity index (χ2v) is 10.2. The van der Waals surface area contributed by atoms with Gasteiger partial charge in [-0.1, -0.05) is 36.4 Å². The van der Waals surface area contributed by atoms with E-state index >= 15 is 0 Å². The molecule has 9 nitrogen and oxygen atoms in total. The van der Waals surface area contributed by atoms with Gasteiger partial charge in [0.1, 0.15) is 5.75 Å². The standard InChI is InChI=1S/C28H21N3O6S/c1-37-21-14-10-19(11-15-21)30(38(35,36)22-16-12-20(13-17-22)31(33)34)28(32)18-25-23-6-2-4-8-26(23)29-27-9-5-3-7-24(25)27/h2-17H,18H2,1H3. The maximum absolute atomic E-state index is 13.9. The van der Waals surface area contributed by atoms with Crippen LogP contribution in [0, 0.1) is 10.1 Å². The summed E-state index contributed by atoms with van der Waals surface area (Å²) in [6.45, 7) is 0. The first-order valence-corrected chi connectivity index (χ1v) is 13.0. The van der Waals surface area contributed by atoms with E-state index < -0.39 is 20.9 Å². The molecule has 5 rings (SSSR count). The number of anilines is 1. The Bertz CT molecular complexity index is 1730. The van der Waals surface area contributed by atoms with Gasteiger partial charge in [-0.3, -0.25) is 14.9 Å². The summed E-state index contributed by atoms with van der Waals surface area (Å²) >= 11 is 0. The number of nitro benzene ring substituents is 1. The summed E-state index contributed by atoms with van der Waals surface area (Å²) in [6, 6.07) is 25.2. The van der Waals surface area contributed by atoms with Crippen LogP contribution in [0.4, 0.5) is 11.4 Å². The minimum absolute atomic E-state index is 0.108. The number of non-ortho nitro benzene ring substituents is 1. The number of methoxy groups -OCH3 is 1. The second-order valence-electron chi connectivity index (χ2n) is 8.41. The normalized spacial score (nSPS) is 11.4. The van der Waals surface area contributed by atoms with Crippen molar-refractivity contribution >= 4 is 49.1 Å². The molecule has 1 aromatic heterocycles. The van der Waals surface area contributed by atoms with Crippen molar-refractivity contribution in [1.82, 2.24) is 4.98 Å². The van der Waals surface area contributed by atoms with Gasteiger partial charge in [0.25, 0.3) is 15.7 Å². The van der Waals surface area contributed by atoms with Gasteiger partial charge in [-0.05, 0) is 54.1 Å². The lowest BCUT2D eigenvalue weighted by Gasteiger charge is -2.23. The molecule has 190 valence electrons. The molecule has 5 aromatic rings. The number of fused-ring (bicyclic) bond motifs is 2. The zero-order valence-electron chi connectivity index (χ0n) is 20.1. The van der Waals surface area contributed by atoms with Gasteiger partial charge in [0, 0.05) is 22.9 Å². The Morgan fingerprint density at radius 2 is 1.42 bits per heavy atom. The molecule has 38 heavy (non-hydrogen) atoms. The summed E-state index contributed by atoms with van der Waals surface area (Å²) in [5, 5.41) is 12.6. The van der Waals surface area contributed by atoms with E-state index in [-0.39, 0.29) is 22.7 Å². The molecule has 0 saturated heterocycles. The molecule has 0 aliphatic heterocycles. The third-order valence-corrected chi connectivity index (χ3v) is 7.91. The Labute approximate surface area is 218 Å². The molecule has 0 atom stereocenters. The largest absolute Gasteiger partial charge is 0.497 e. The van der Waals surface area contributed by atoms with E-state index in [4.69, 9.17) is 4.74 Å². The van der Waals surface area contributed by atoms with Gasteiger partial charge in [-0.2, -0.15) is 0 Å². The highest BCUT2D eigenvalue weighted by Gasteiger charge is 2.32. The lowest BCUT2D eigenvalue weighted by molar-refractivity contribution is -0.384. The van der Waals surface area contributed by atoms with E-state index in [1.54, 1.807) is 12.1 Å². The first-order valence-electron chi connectivity index (χ1n) is 11.5. The van der Waals surface area contributed by atoms with E-state index in [1.165, 1.54) is 19.2 Å². The molecule has 0 N–H and O–H groups in total. The quantitative estimate of drug-likeness (QED) is 0.161. The average Bonchev–Trinajstić information content (AvgIpc) is 2.93. The number of rotatable bonds is 7. The summed E-state index contributed by atoms with van der Waals surface area (Å²) in [7, 11) is -2.96. The van der Waals surface area contributed by atoms with Crippen LogP contribution in [0.2, 0.25) is 0 Å². The van der Waals surface area contributed by atoms with Gasteiger partial charge in [0.05, 0.1) is 40.1 Å². The summed E-state index contributed by atoms with van der Waals surface area (Å²) in [4.78, 5) is 28.8. The Hall–Kier alpha value is -4.83. The van der Waals surface area contributed by atoms with Crippen molar-refractivity contribution in [3.8, 4) is 5.75 Å². The topological polar surface area (TPSA) is 120 Å². The number of ether oxygens (including phenoxy) is 1. The lowest BCUT2D eigenvalue weighted by Crippen LogP contribution is -2.38. The maximum Gasteiger partial charge on any atom is 0.270 e. The minimum Gasteiger partial charge on any atom is -0.497 e. The molecular weight excluding hydrogens is 506 g/mol. The monoisotopic (exact) mass is 527 g/mol. The molecular formula is C28H21N3O6S. The molecule has 4 aromatic carbocycles. The highest BCUT2D eigenvalue weighted by molar-refractivity contribution is 7.93. The predicted octanol–water partition coefficient (Wildman–Crippen LogP) is 5.27. The van der Waals surface area contributed by atoms with Crippen LogP contribution in [-0.2, 0) is 21.2 Å². The van der Waals surface area contributed by atoms with Crippen LogP contribution in [0.3, 0.4) is 0 Å². The number of pyridine rings is 1. The minimum atomic E-state index is -4.44. The van der Waals surface area contributed by atoms with Crippen molar-refractivity contribution in [2.45, 2.75) is 11.3 Å². The van der Waals surface area contributed by atoms with Crippen LogP contribution in [-0.4, -0.2) is 31.3 Å². The van der Waals surface area contributed by atoms with Crippen LogP contribution < -0.4 is 9.04 Å². The summed E-state index contributed by atoms with van der Waals surface area (Å²) in [5.74, 6) is -0.213. The molecule has 0 fully saturated rings. The number of para-hydroxylation sites is 2. The number of aromatic nitrogens is 1. The Morgan fingerprint density at radius 3 is 1.95 bits per heavy atom. The van der Waals surface area contributed by atoms with E-state index in [0.29, 0.717) is 22.3 Å². The van der Waals surface area contributed by atoms with Gasteiger partial charge >= 0.3 is 0 Å². The highest BCUT2D eigenvalue weighted by atomic mass is 32.2. The number of sulfonamides is 1. The number of hydrogen-bond donors (Lipinski definition) is 0. The van der Waals surface area contributed by atoms with Crippen LogP contribution in [0.25, 0.3) is 21.8 Å². The Morgan fingerprint density at radius 1 is 0.868 bits per heavy atom. The Kier molecular flexibility index (Phi) is 6.48. The number of benzene rings is 4. The highest BCUT2D eigenvalue weighted by Crippen LogP contribution is 2.31. The SMILES string of the molecule is COc1ccc(N(C(=O)Cc2c3ccccc3nc3ccccc23)S(=O)(=O)c2ccc([N+](=O)[O-])cc2)cc1. The van der Waals surface area contributed by atoms with Crippen molar-refractivity contribution < 1.29 is 22.9 Å². The van der Waals surface area contributed by atoms with E-state index in [0.717, 1.165) is 39.3 Å². The smallest absolute Gasteiger partial charge is 0.270 e. The molecule has 10 heteroatoms. The molecule has 0 bridgehead atoms. The molecule has 0 saturated carbocycles. The van der Waals surface area contributed by atoms with Crippen molar-refractivity contribution in [1.29, 1.82) is 0 Å². The molecule has 1 heterocycles. The van der Waals surface area contributed by atoms with Crippen molar-refractivity contribution in [2.75, 3.05) is 11.4 Å². The second kappa shape index (κ2) is 9.91. The molecule has 0 radical (unpaired) electrons. The van der Waals surface area contributed by atoms with Gasteiger partial charge < -0.3 is 4.74 Å². The van der Waals surface area contributed by atoms with Crippen LogP contribution in [0.1, 0.15) is 5.56 Å². The van der Waals surface area contributed by atoms with Gasteiger partial charge in [0.15, 0.2) is 0 Å². The van der Waals surface area contributed by atoms with E-state index in [9.17, 15) is 23.3 Å². The lowest BCUT2D eigenvalue weighted by atomic mass is 9.99. The third-order valence-electron chi connectivity index (χ3n) is 6.15. The molecule has 0 spiro atoms. The first-order chi connectivity index (χ1) is 18.3. The van der Waals surface area contributed by atoms with Gasteiger partial charge in [0.2, 0.25) is 5.91 Å². The number of nitro groups is 1. The predicted molar refractivity (Wildman–Crippen MR) is 144 cm³/mol. The summed E-state index contributed by atoms with van der Waals surface area (Å²) < 4.78 is 33.6. The van der Waals surface area contributed by atoms with Crippen LogP contribution in [0.5, 0.6) is 5.75 Å². The summed E-state index contributed by atoms with van der Waals surface area (Å²) in [6.07, 6.45) is -0.234. The molecule has 0 unspecified atom stereocenters. The fourth-order valence-corrected chi connectivity index (χ4v) is 5.74. The number of nitrogens with zero attached hydrogens (tertiary/aromatic N) is 3. The fraction of sp³-hybridized carbons (Fsp3) is 0.0714. The van der Waals surface area contributed by atoms with Gasteiger partial charge in [-0.15, -0.1) is 0 Å². The van der Waals surface area contributed by atoms with Crippen molar-refractivity contribution in [3.05, 3.63) is 113 Å². The first kappa shape index (κ1) is 24.8. The fourth-order valence-electron chi connectivity index (χ4n) is 4.32. The van der Waals surface area contributed by atoms with Crippen molar-refractivity contribution in [2.24, 2.45) is 0 Å². The molecule has 0 aliphatic carbocycles. The molecule has 0 aliphatic rings.